The molecule has 13 heteroatoms. The first-order valence-corrected chi connectivity index (χ1v) is 12.1. The van der Waals surface area contributed by atoms with Crippen LogP contribution in [-0.2, 0) is 59.9 Å². The van der Waals surface area contributed by atoms with E-state index in [4.69, 9.17) is 32.7 Å². The molecule has 3 atom stereocenters. The number of rotatable bonds is 6. The van der Waals surface area contributed by atoms with Gasteiger partial charge in [0, 0.05) is 0 Å². The standard InChI is InChI=1S/C21H30BF2NO3.5CO.Cr/c1-4-25(5-2)15-21(16-28-22(25,23)24)12-11-20(26)17(3)19(21)14-27-13-18-9-7-6-8-10-18;5*1-2;/h6-10,17,19H,4-5,11-15H2,1-3H3;;;;;;/t17-,19-,21-;;;;;;/m0....../s1. The number of carbonyl (C=O) groups is 1. The number of Topliss-reactive ketones (excluding diaryl/α,β-unsaturated/α-hetero) is 1. The molecule has 1 saturated carbocycles. The van der Waals surface area contributed by atoms with Crippen molar-refractivity contribution in [1.82, 2.24) is 0 Å². The summed E-state index contributed by atoms with van der Waals surface area (Å²) < 4.78 is 78.7. The fraction of sp³-hybridized carbons (Fsp3) is 0.500. The normalized spacial score (nSPS) is 23.5. The molecule has 1 heterocycles. The Morgan fingerprint density at radius 2 is 1.51 bits per heavy atom. The number of benzene rings is 1. The van der Waals surface area contributed by atoms with Crippen LogP contribution >= 0.6 is 0 Å². The third-order valence-corrected chi connectivity index (χ3v) is 7.98. The third kappa shape index (κ3) is 10.0. The Kier molecular flexibility index (Phi) is 22.9. The molecule has 0 amide bonds. The number of carbonyl (C=O) groups excluding carboxylic acids is 1. The van der Waals surface area contributed by atoms with Crippen LogP contribution in [0.25, 0.3) is 0 Å². The van der Waals surface area contributed by atoms with Crippen molar-refractivity contribution in [2.24, 2.45) is 17.3 Å². The van der Waals surface area contributed by atoms with Gasteiger partial charge in [-0.3, -0.25) is 0 Å². The second-order valence-electron chi connectivity index (χ2n) is 8.49. The molecule has 1 aromatic rings. The van der Waals surface area contributed by atoms with Gasteiger partial charge in [-0.25, -0.2) is 0 Å². The second-order valence-corrected chi connectivity index (χ2v) is 9.07. The average molecular weight is 585 g/mol. The van der Waals surface area contributed by atoms with Crippen molar-refractivity contribution < 1.29 is 66.3 Å². The van der Waals surface area contributed by atoms with Crippen LogP contribution in [0.2, 0.25) is 0 Å². The van der Waals surface area contributed by atoms with Gasteiger partial charge in [0.1, 0.15) is 0 Å². The monoisotopic (exact) mass is 585 g/mol. The number of hydrogen-bond acceptors (Lipinski definition) is 3. The first kappa shape index (κ1) is 41.3. The fourth-order valence-corrected chi connectivity index (χ4v) is 5.73. The van der Waals surface area contributed by atoms with Gasteiger partial charge in [0.2, 0.25) is 0 Å². The van der Waals surface area contributed by atoms with E-state index in [9.17, 15) is 13.4 Å². The number of nitrogens with zero attached hydrogens (tertiary/aromatic N) is 1. The predicted octanol–water partition coefficient (Wildman–Crippen LogP) is 3.56. The van der Waals surface area contributed by atoms with E-state index in [-0.39, 0.29) is 33.1 Å². The topological polar surface area (TPSA) is 135 Å². The van der Waals surface area contributed by atoms with Gasteiger partial charge in [-0.05, 0) is 0 Å². The Hall–Kier alpha value is -2.20. The zero-order chi connectivity index (χ0) is 31.3. The maximum atomic E-state index is 15.0. The zero-order valence-corrected chi connectivity index (χ0v) is 23.2. The molecule has 1 aliphatic heterocycles. The van der Waals surface area contributed by atoms with Gasteiger partial charge in [-0.1, -0.05) is 0 Å². The van der Waals surface area contributed by atoms with Crippen molar-refractivity contribution in [3.05, 3.63) is 69.1 Å². The van der Waals surface area contributed by atoms with Gasteiger partial charge >= 0.3 is 237 Å². The summed E-state index contributed by atoms with van der Waals surface area (Å²) in [6, 6.07) is 9.82. The molecule has 1 saturated heterocycles. The zero-order valence-electron chi connectivity index (χ0n) is 21.9. The second kappa shape index (κ2) is 21.6. The summed E-state index contributed by atoms with van der Waals surface area (Å²) in [5.74, 6) is -0.293. The summed E-state index contributed by atoms with van der Waals surface area (Å²) in [4.78, 5) is 12.5. The molecule has 2 fully saturated rings. The predicted molar refractivity (Wildman–Crippen MR) is 125 cm³/mol. The molecule has 1 aliphatic carbocycles. The van der Waals surface area contributed by atoms with E-state index < -0.39 is 12.5 Å². The van der Waals surface area contributed by atoms with E-state index in [1.165, 1.54) is 0 Å². The van der Waals surface area contributed by atoms with Crippen LogP contribution in [0.15, 0.2) is 30.3 Å². The quantitative estimate of drug-likeness (QED) is 0.287. The van der Waals surface area contributed by atoms with Crippen LogP contribution < -0.4 is 0 Å². The van der Waals surface area contributed by atoms with Crippen LogP contribution in [0.5, 0.6) is 0 Å². The molecule has 0 N–H and O–H groups in total. The number of ether oxygens (including phenoxy) is 1. The first-order valence-electron chi connectivity index (χ1n) is 11.5. The molecule has 0 radical (unpaired) electrons. The van der Waals surface area contributed by atoms with Crippen LogP contribution in [0.1, 0.15) is 39.2 Å². The van der Waals surface area contributed by atoms with Crippen molar-refractivity contribution in [2.75, 3.05) is 26.2 Å². The van der Waals surface area contributed by atoms with Crippen molar-refractivity contribution in [2.45, 2.75) is 40.2 Å². The average Bonchev–Trinajstić information content (AvgIpc) is 3.00. The fourth-order valence-electron chi connectivity index (χ4n) is 5.06. The Morgan fingerprint density at radius 1 is 1.03 bits per heavy atom. The van der Waals surface area contributed by atoms with Gasteiger partial charge in [0.15, 0.2) is 0 Å². The van der Waals surface area contributed by atoms with Gasteiger partial charge < -0.3 is 0 Å². The van der Waals surface area contributed by atoms with E-state index in [1.807, 2.05) is 37.3 Å². The van der Waals surface area contributed by atoms with E-state index in [1.54, 1.807) is 13.8 Å². The molecule has 1 spiro atoms. The number of hydrogen-bond donors (Lipinski definition) is 0. The third-order valence-electron chi connectivity index (χ3n) is 7.20. The molecule has 9 nitrogen and oxygen atoms in total. The molecule has 0 aromatic heterocycles. The molecule has 0 bridgehead atoms. The summed E-state index contributed by atoms with van der Waals surface area (Å²) in [6.45, 7) is 29.6. The molecule has 2 aliphatic rings. The molecular formula is C26H30BCrF2NO8. The van der Waals surface area contributed by atoms with Gasteiger partial charge in [0.25, 0.3) is 0 Å². The van der Waals surface area contributed by atoms with Gasteiger partial charge in [-0.2, -0.15) is 0 Å². The summed E-state index contributed by atoms with van der Waals surface area (Å²) in [5, 5.41) is 0. The molecule has 0 unspecified atom stereocenters. The molecule has 39 heavy (non-hydrogen) atoms. The summed E-state index contributed by atoms with van der Waals surface area (Å²) in [5.41, 5.74) is 0.421. The Bertz CT molecular complexity index is 945. The Morgan fingerprint density at radius 3 is 1.97 bits per heavy atom. The molecule has 1 aromatic carbocycles. The first-order chi connectivity index (χ1) is 18.7. The van der Waals surface area contributed by atoms with Crippen molar-refractivity contribution >= 4 is 17.4 Å². The van der Waals surface area contributed by atoms with Crippen LogP contribution in [0.4, 0.5) is 8.63 Å². The van der Waals surface area contributed by atoms with Crippen LogP contribution in [0, 0.1) is 50.5 Å². The minimum atomic E-state index is -4.03. The van der Waals surface area contributed by atoms with Gasteiger partial charge in [-0.15, -0.1) is 0 Å². The Labute approximate surface area is 236 Å². The van der Waals surface area contributed by atoms with E-state index in [0.29, 0.717) is 39.1 Å². The van der Waals surface area contributed by atoms with Gasteiger partial charge in [0.05, 0.1) is 0 Å². The molecule has 3 rings (SSSR count). The van der Waals surface area contributed by atoms with Crippen molar-refractivity contribution in [3.8, 4) is 0 Å². The summed E-state index contributed by atoms with van der Waals surface area (Å²) in [6.07, 6.45) is 0.904. The SMILES string of the molecule is CC[N+]1(CC)C[C@@]2(CCC(=O)[C@@H](C)[C@@H]2COCc2ccccc2)[C](=[Cr])O[B-]1(F)F.[C-]#[O+].[C-]#[O+].[C-]#[O+].[C-]#[O+].[C-]#[O+]. The maximum absolute atomic E-state index is 15.0. The molecule has 210 valence electrons. The summed E-state index contributed by atoms with van der Waals surface area (Å²) in [7, 11) is -4.03. The number of halogens is 2. The van der Waals surface area contributed by atoms with E-state index in [2.05, 4.69) is 49.1 Å². The minimum absolute atomic E-state index is 0.172. The molecular weight excluding hydrogens is 555 g/mol. The number of ketones is 1. The van der Waals surface area contributed by atoms with E-state index in [0.717, 1.165) is 5.56 Å². The Balaban J connectivity index is -0.00000116. The van der Waals surface area contributed by atoms with Crippen molar-refractivity contribution in [1.29, 1.82) is 0 Å². The number of quaternary nitrogens is 1. The van der Waals surface area contributed by atoms with Crippen molar-refractivity contribution in [3.63, 3.8) is 0 Å². The summed E-state index contributed by atoms with van der Waals surface area (Å²) >= 11 is 2.81. The van der Waals surface area contributed by atoms with Crippen LogP contribution in [-0.4, -0.2) is 48.0 Å². The van der Waals surface area contributed by atoms with Crippen LogP contribution in [0.3, 0.4) is 0 Å². The van der Waals surface area contributed by atoms with E-state index >= 15 is 0 Å².